The van der Waals surface area contributed by atoms with Gasteiger partial charge in [0, 0.05) is 6.26 Å². The lowest BCUT2D eigenvalue weighted by molar-refractivity contribution is 0.0995. The van der Waals surface area contributed by atoms with Crippen molar-refractivity contribution in [3.8, 4) is 0 Å². The molecule has 1 aromatic rings. The van der Waals surface area contributed by atoms with Gasteiger partial charge in [-0.2, -0.15) is 0 Å². The third kappa shape index (κ3) is 3.03. The van der Waals surface area contributed by atoms with Crippen molar-refractivity contribution in [1.82, 2.24) is 0 Å². The van der Waals surface area contributed by atoms with Gasteiger partial charge in [0.2, 0.25) is 0 Å². The molecule has 0 aliphatic carbocycles. The Morgan fingerprint density at radius 3 is 2.47 bits per heavy atom. The predicted octanol–water partition coefficient (Wildman–Crippen LogP) is 2.78. The minimum atomic E-state index is -3.36. The molecule has 0 aromatic carbocycles. The van der Waals surface area contributed by atoms with Crippen molar-refractivity contribution in [2.75, 3.05) is 6.26 Å². The number of hydrogen-bond donors (Lipinski definition) is 0. The fourth-order valence-corrected chi connectivity index (χ4v) is 3.18. The summed E-state index contributed by atoms with van der Waals surface area (Å²) in [5.74, 6) is -0.421. The van der Waals surface area contributed by atoms with E-state index < -0.39 is 20.9 Å². The number of carbonyl (C=O) groups is 1. The Labute approximate surface area is 105 Å². The van der Waals surface area contributed by atoms with Gasteiger partial charge >= 0.3 is 0 Å². The van der Waals surface area contributed by atoms with Crippen LogP contribution in [-0.2, 0) is 9.84 Å². The largest absolute Gasteiger partial charge is 0.292 e. The van der Waals surface area contributed by atoms with Crippen molar-refractivity contribution in [1.29, 1.82) is 0 Å². The summed E-state index contributed by atoms with van der Waals surface area (Å²) >= 11 is 10.1. The lowest BCUT2D eigenvalue weighted by Crippen LogP contribution is -2.25. The van der Waals surface area contributed by atoms with E-state index in [2.05, 4.69) is 15.9 Å². The van der Waals surface area contributed by atoms with Crippen molar-refractivity contribution < 1.29 is 13.2 Å². The summed E-state index contributed by atoms with van der Waals surface area (Å²) < 4.78 is 23.0. The molecule has 1 unspecified atom stereocenters. The van der Waals surface area contributed by atoms with Crippen LogP contribution in [0, 0.1) is 0 Å². The van der Waals surface area contributed by atoms with Crippen LogP contribution in [0.4, 0.5) is 0 Å². The summed E-state index contributed by atoms with van der Waals surface area (Å²) in [5, 5.41) is -0.608. The molecule has 0 N–H and O–H groups in total. The molecule has 0 radical (unpaired) electrons. The third-order valence-electron chi connectivity index (χ3n) is 1.90. The topological polar surface area (TPSA) is 51.2 Å². The molecule has 0 spiro atoms. The van der Waals surface area contributed by atoms with Crippen molar-refractivity contribution >= 4 is 54.5 Å². The Morgan fingerprint density at radius 2 is 2.13 bits per heavy atom. The van der Waals surface area contributed by atoms with Crippen LogP contribution in [0.1, 0.15) is 16.6 Å². The highest BCUT2D eigenvalue weighted by Gasteiger charge is 2.26. The van der Waals surface area contributed by atoms with Crippen LogP contribution in [0.3, 0.4) is 0 Å². The zero-order valence-electron chi connectivity index (χ0n) is 7.95. The highest BCUT2D eigenvalue weighted by molar-refractivity contribution is 9.11. The SMILES string of the molecule is CC(C(=O)c1cc(Cl)c(Br)s1)S(C)(=O)=O. The summed E-state index contributed by atoms with van der Waals surface area (Å²) in [6, 6.07) is 1.47. The highest BCUT2D eigenvalue weighted by atomic mass is 79.9. The molecule has 1 heterocycles. The van der Waals surface area contributed by atoms with Crippen LogP contribution >= 0.6 is 38.9 Å². The number of carbonyl (C=O) groups excluding carboxylic acids is 1. The first-order valence-corrected chi connectivity index (χ1v) is 7.85. The summed E-state index contributed by atoms with van der Waals surface area (Å²) in [6.45, 7) is 1.37. The van der Waals surface area contributed by atoms with Gasteiger partial charge in [0.15, 0.2) is 15.6 Å². The van der Waals surface area contributed by atoms with Crippen LogP contribution in [0.25, 0.3) is 0 Å². The van der Waals surface area contributed by atoms with E-state index in [1.165, 1.54) is 13.0 Å². The smallest absolute Gasteiger partial charge is 0.190 e. The molecule has 7 heteroatoms. The zero-order valence-corrected chi connectivity index (χ0v) is 11.9. The first kappa shape index (κ1) is 13.2. The number of rotatable bonds is 3. The molecule has 0 amide bonds. The lowest BCUT2D eigenvalue weighted by Gasteiger charge is -2.05. The standard InChI is InChI=1S/C8H8BrClO3S2/c1-4(15(2,12)13)7(11)6-3-5(10)8(9)14-6/h3-4H,1-2H3. The van der Waals surface area contributed by atoms with E-state index in [1.807, 2.05) is 0 Å². The van der Waals surface area contributed by atoms with E-state index in [0.717, 1.165) is 17.6 Å². The predicted molar refractivity (Wildman–Crippen MR) is 65.7 cm³/mol. The van der Waals surface area contributed by atoms with Gasteiger partial charge in [0.1, 0.15) is 5.25 Å². The second-order valence-electron chi connectivity index (χ2n) is 3.07. The maximum absolute atomic E-state index is 11.7. The Morgan fingerprint density at radius 1 is 1.60 bits per heavy atom. The fourth-order valence-electron chi connectivity index (χ4n) is 0.863. The number of halogens is 2. The van der Waals surface area contributed by atoms with Crippen LogP contribution in [0.15, 0.2) is 9.85 Å². The molecule has 84 valence electrons. The Kier molecular flexibility index (Phi) is 3.97. The normalized spacial score (nSPS) is 13.9. The molecule has 1 aromatic heterocycles. The van der Waals surface area contributed by atoms with E-state index in [-0.39, 0.29) is 0 Å². The molecule has 1 atom stereocenters. The molecular weight excluding hydrogens is 324 g/mol. The molecular formula is C8H8BrClO3S2. The van der Waals surface area contributed by atoms with Crippen molar-refractivity contribution in [3.05, 3.63) is 19.8 Å². The van der Waals surface area contributed by atoms with E-state index in [9.17, 15) is 13.2 Å². The van der Waals surface area contributed by atoms with Gasteiger partial charge in [-0.05, 0) is 28.9 Å². The van der Waals surface area contributed by atoms with Gasteiger partial charge < -0.3 is 0 Å². The van der Waals surface area contributed by atoms with E-state index >= 15 is 0 Å². The van der Waals surface area contributed by atoms with Gasteiger partial charge in [-0.3, -0.25) is 4.79 Å². The van der Waals surface area contributed by atoms with E-state index in [4.69, 9.17) is 11.6 Å². The molecule has 3 nitrogen and oxygen atoms in total. The van der Waals surface area contributed by atoms with Gasteiger partial charge in [0.25, 0.3) is 0 Å². The van der Waals surface area contributed by atoms with Gasteiger partial charge in [-0.25, -0.2) is 8.42 Å². The first-order valence-electron chi connectivity index (χ1n) is 3.91. The summed E-state index contributed by atoms with van der Waals surface area (Å²) in [7, 11) is -3.36. The highest BCUT2D eigenvalue weighted by Crippen LogP contribution is 2.33. The number of ketones is 1. The van der Waals surface area contributed by atoms with Crippen LogP contribution in [0.5, 0.6) is 0 Å². The number of thiophene rings is 1. The molecule has 0 bridgehead atoms. The lowest BCUT2D eigenvalue weighted by atomic mass is 10.2. The molecule has 1 rings (SSSR count). The molecule has 15 heavy (non-hydrogen) atoms. The quantitative estimate of drug-likeness (QED) is 0.800. The van der Waals surface area contributed by atoms with Crippen molar-refractivity contribution in [2.24, 2.45) is 0 Å². The van der Waals surface area contributed by atoms with Crippen LogP contribution < -0.4 is 0 Å². The molecule has 0 aliphatic rings. The van der Waals surface area contributed by atoms with Crippen LogP contribution in [0.2, 0.25) is 5.02 Å². The molecule has 0 saturated carbocycles. The van der Waals surface area contributed by atoms with Gasteiger partial charge in [-0.1, -0.05) is 11.6 Å². The zero-order chi connectivity index (χ0) is 11.8. The van der Waals surface area contributed by atoms with Crippen molar-refractivity contribution in [2.45, 2.75) is 12.2 Å². The summed E-state index contributed by atoms with van der Waals surface area (Å²) in [5.41, 5.74) is 0. The number of sulfone groups is 1. The maximum atomic E-state index is 11.7. The summed E-state index contributed by atoms with van der Waals surface area (Å²) in [4.78, 5) is 12.1. The third-order valence-corrected chi connectivity index (χ3v) is 5.89. The van der Waals surface area contributed by atoms with E-state index in [0.29, 0.717) is 13.7 Å². The van der Waals surface area contributed by atoms with E-state index in [1.54, 1.807) is 0 Å². The minimum absolute atomic E-state index is 0.352. The Balaban J connectivity index is 3.06. The fraction of sp³-hybridized carbons (Fsp3) is 0.375. The second kappa shape index (κ2) is 4.53. The van der Waals surface area contributed by atoms with Crippen molar-refractivity contribution in [3.63, 3.8) is 0 Å². The Hall–Kier alpha value is 0.0900. The summed E-state index contributed by atoms with van der Waals surface area (Å²) in [6.07, 6.45) is 1.04. The number of Topliss-reactive ketones (excluding diaryl/α,β-unsaturated/α-hetero) is 1. The number of hydrogen-bond acceptors (Lipinski definition) is 4. The van der Waals surface area contributed by atoms with Crippen LogP contribution in [-0.4, -0.2) is 25.7 Å². The van der Waals surface area contributed by atoms with Gasteiger partial charge in [-0.15, -0.1) is 11.3 Å². The monoisotopic (exact) mass is 330 g/mol. The maximum Gasteiger partial charge on any atom is 0.190 e. The average Bonchev–Trinajstić information content (AvgIpc) is 2.43. The Bertz CT molecular complexity index is 472. The first-order chi connectivity index (χ1) is 6.73. The molecule has 0 fully saturated rings. The minimum Gasteiger partial charge on any atom is -0.292 e. The van der Waals surface area contributed by atoms with Gasteiger partial charge in [0.05, 0.1) is 13.7 Å². The second-order valence-corrected chi connectivity index (χ2v) is 8.21. The molecule has 0 aliphatic heterocycles. The molecule has 0 saturated heterocycles. The average molecular weight is 332 g/mol.